The first kappa shape index (κ1) is 13.5. The van der Waals surface area contributed by atoms with Crippen LogP contribution in [0.4, 0.5) is 0 Å². The predicted octanol–water partition coefficient (Wildman–Crippen LogP) is 1.96. The van der Waals surface area contributed by atoms with Crippen molar-refractivity contribution in [3.05, 3.63) is 35.9 Å². The van der Waals surface area contributed by atoms with Gasteiger partial charge in [0.1, 0.15) is 0 Å². The van der Waals surface area contributed by atoms with Crippen molar-refractivity contribution in [2.24, 2.45) is 5.92 Å². The van der Waals surface area contributed by atoms with Gasteiger partial charge >= 0.3 is 5.97 Å². The Hall–Kier alpha value is -1.88. The Morgan fingerprint density at radius 1 is 1.05 bits per heavy atom. The lowest BCUT2D eigenvalue weighted by Gasteiger charge is -2.19. The molecule has 1 aromatic rings. The van der Waals surface area contributed by atoms with Crippen LogP contribution in [-0.2, 0) is 9.63 Å². The summed E-state index contributed by atoms with van der Waals surface area (Å²) >= 11 is 0. The Morgan fingerprint density at radius 3 is 2.42 bits per heavy atom. The summed E-state index contributed by atoms with van der Waals surface area (Å²) < 4.78 is 0. The van der Waals surface area contributed by atoms with E-state index in [1.54, 1.807) is 24.3 Å². The molecule has 19 heavy (non-hydrogen) atoms. The maximum atomic E-state index is 11.7. The zero-order valence-corrected chi connectivity index (χ0v) is 10.7. The van der Waals surface area contributed by atoms with Crippen molar-refractivity contribution in [2.45, 2.75) is 32.1 Å². The summed E-state index contributed by atoms with van der Waals surface area (Å²) in [6.07, 6.45) is 5.05. The molecular formula is C14H18N2O3. The molecule has 1 aliphatic rings. The molecule has 1 aromatic carbocycles. The molecule has 5 nitrogen and oxygen atoms in total. The Labute approximate surface area is 112 Å². The van der Waals surface area contributed by atoms with E-state index < -0.39 is 0 Å². The first-order chi connectivity index (χ1) is 9.27. The molecule has 1 amide bonds. The molecule has 5 heteroatoms. The van der Waals surface area contributed by atoms with Gasteiger partial charge in [-0.05, 0) is 25.0 Å². The van der Waals surface area contributed by atoms with Crippen molar-refractivity contribution in [3.8, 4) is 0 Å². The fourth-order valence-corrected chi connectivity index (χ4v) is 2.21. The highest BCUT2D eigenvalue weighted by molar-refractivity contribution is 5.93. The minimum Gasteiger partial charge on any atom is -0.351 e. The molecule has 0 unspecified atom stereocenters. The number of nitrogens with one attached hydrogen (secondary N) is 2. The van der Waals surface area contributed by atoms with E-state index in [9.17, 15) is 9.59 Å². The molecule has 102 valence electrons. The van der Waals surface area contributed by atoms with E-state index in [0.29, 0.717) is 5.56 Å². The molecule has 0 aliphatic heterocycles. The van der Waals surface area contributed by atoms with Gasteiger partial charge in [-0.15, -0.1) is 0 Å². The molecule has 2 rings (SSSR count). The summed E-state index contributed by atoms with van der Waals surface area (Å²) in [6, 6.07) is 8.72. The Morgan fingerprint density at radius 2 is 1.74 bits per heavy atom. The lowest BCUT2D eigenvalue weighted by atomic mass is 9.89. The summed E-state index contributed by atoms with van der Waals surface area (Å²) in [7, 11) is 0. The van der Waals surface area contributed by atoms with Crippen LogP contribution in [0, 0.1) is 5.92 Å². The molecule has 0 radical (unpaired) electrons. The summed E-state index contributed by atoms with van der Waals surface area (Å²) in [5.41, 5.74) is 5.07. The van der Waals surface area contributed by atoms with E-state index in [4.69, 9.17) is 4.84 Å². The molecule has 0 atom stereocenters. The van der Waals surface area contributed by atoms with E-state index in [1.165, 1.54) is 6.42 Å². The highest BCUT2D eigenvalue weighted by Gasteiger charge is 2.22. The molecule has 1 fully saturated rings. The topological polar surface area (TPSA) is 67.4 Å². The maximum absolute atomic E-state index is 11.7. The largest absolute Gasteiger partial charge is 0.351 e. The van der Waals surface area contributed by atoms with E-state index in [0.717, 1.165) is 25.7 Å². The van der Waals surface area contributed by atoms with Gasteiger partial charge in [-0.2, -0.15) is 0 Å². The second kappa shape index (κ2) is 6.89. The zero-order chi connectivity index (χ0) is 13.5. The van der Waals surface area contributed by atoms with Crippen LogP contribution in [0.15, 0.2) is 30.3 Å². The first-order valence-electron chi connectivity index (χ1n) is 6.58. The second-order valence-corrected chi connectivity index (χ2v) is 4.68. The first-order valence-corrected chi connectivity index (χ1v) is 6.58. The van der Waals surface area contributed by atoms with Gasteiger partial charge < -0.3 is 4.84 Å². The van der Waals surface area contributed by atoms with Gasteiger partial charge in [-0.1, -0.05) is 43.1 Å². The molecule has 1 saturated carbocycles. The van der Waals surface area contributed by atoms with E-state index in [1.807, 2.05) is 6.07 Å². The van der Waals surface area contributed by atoms with E-state index in [2.05, 4.69) is 11.0 Å². The summed E-state index contributed by atoms with van der Waals surface area (Å²) in [6.45, 7) is 0. The van der Waals surface area contributed by atoms with Crippen molar-refractivity contribution >= 4 is 11.9 Å². The monoisotopic (exact) mass is 262 g/mol. The second-order valence-electron chi connectivity index (χ2n) is 4.68. The zero-order valence-electron chi connectivity index (χ0n) is 10.7. The molecule has 0 heterocycles. The Balaban J connectivity index is 1.71. The van der Waals surface area contributed by atoms with Gasteiger partial charge in [0.25, 0.3) is 5.91 Å². The number of hydrogen-bond donors (Lipinski definition) is 2. The number of benzene rings is 1. The maximum Gasteiger partial charge on any atom is 0.330 e. The highest BCUT2D eigenvalue weighted by Crippen LogP contribution is 2.24. The van der Waals surface area contributed by atoms with Crippen molar-refractivity contribution < 1.29 is 14.4 Å². The smallest absolute Gasteiger partial charge is 0.330 e. The average molecular weight is 262 g/mol. The number of carbonyl (C=O) groups excluding carboxylic acids is 2. The van der Waals surface area contributed by atoms with Crippen LogP contribution in [0.25, 0.3) is 0 Å². The van der Waals surface area contributed by atoms with Crippen LogP contribution in [-0.4, -0.2) is 11.9 Å². The van der Waals surface area contributed by atoms with Crippen molar-refractivity contribution in [2.75, 3.05) is 0 Å². The molecule has 2 N–H and O–H groups in total. The number of rotatable bonds is 4. The predicted molar refractivity (Wildman–Crippen MR) is 69.7 cm³/mol. The molecular weight excluding hydrogens is 244 g/mol. The number of carbonyl (C=O) groups is 2. The third-order valence-electron chi connectivity index (χ3n) is 3.29. The summed E-state index contributed by atoms with van der Waals surface area (Å²) in [4.78, 5) is 28.2. The molecule has 0 saturated heterocycles. The van der Waals surface area contributed by atoms with Crippen LogP contribution < -0.4 is 11.0 Å². The van der Waals surface area contributed by atoms with Crippen LogP contribution in [0.3, 0.4) is 0 Å². The van der Waals surface area contributed by atoms with Gasteiger partial charge in [0.05, 0.1) is 5.92 Å². The number of hydrazine groups is 1. The van der Waals surface area contributed by atoms with E-state index >= 15 is 0 Å². The normalized spacial score (nSPS) is 15.8. The minimum atomic E-state index is -0.336. The molecule has 1 aliphatic carbocycles. The van der Waals surface area contributed by atoms with Crippen LogP contribution in [0.2, 0.25) is 0 Å². The summed E-state index contributed by atoms with van der Waals surface area (Å²) in [5.74, 6) is -0.681. The number of amides is 1. The molecule has 0 aromatic heterocycles. The van der Waals surface area contributed by atoms with Crippen molar-refractivity contribution in [3.63, 3.8) is 0 Å². The standard InChI is InChI=1S/C14H18N2O3/c17-13(11-7-3-1-4-8-11)15-16-19-14(18)12-9-5-2-6-10-12/h1,3-4,7-8,12,16H,2,5-6,9-10H2,(H,15,17). The van der Waals surface area contributed by atoms with Crippen LogP contribution >= 0.6 is 0 Å². The van der Waals surface area contributed by atoms with Crippen molar-refractivity contribution in [1.29, 1.82) is 0 Å². The third kappa shape index (κ3) is 4.06. The van der Waals surface area contributed by atoms with Gasteiger partial charge in [0.2, 0.25) is 0 Å². The Kier molecular flexibility index (Phi) is 4.92. The van der Waals surface area contributed by atoms with Gasteiger partial charge in [-0.3, -0.25) is 10.2 Å². The van der Waals surface area contributed by atoms with Crippen LogP contribution in [0.5, 0.6) is 0 Å². The van der Waals surface area contributed by atoms with Gasteiger partial charge in [-0.25, -0.2) is 4.79 Å². The quantitative estimate of drug-likeness (QED) is 0.814. The third-order valence-corrected chi connectivity index (χ3v) is 3.29. The minimum absolute atomic E-state index is 0.0464. The fourth-order valence-electron chi connectivity index (χ4n) is 2.21. The van der Waals surface area contributed by atoms with Crippen molar-refractivity contribution in [1.82, 2.24) is 11.0 Å². The molecule has 0 spiro atoms. The fraction of sp³-hybridized carbons (Fsp3) is 0.429. The lowest BCUT2D eigenvalue weighted by molar-refractivity contribution is -0.159. The Bertz CT molecular complexity index is 428. The number of hydrogen-bond acceptors (Lipinski definition) is 4. The summed E-state index contributed by atoms with van der Waals surface area (Å²) in [5, 5.41) is 0. The highest BCUT2D eigenvalue weighted by atomic mass is 16.7. The molecule has 0 bridgehead atoms. The van der Waals surface area contributed by atoms with Gasteiger partial charge in [0, 0.05) is 5.56 Å². The van der Waals surface area contributed by atoms with E-state index in [-0.39, 0.29) is 17.8 Å². The lowest BCUT2D eigenvalue weighted by Crippen LogP contribution is -2.40. The SMILES string of the molecule is O=C(NNOC(=O)C1CCCCC1)c1ccccc1. The average Bonchev–Trinajstić information content (AvgIpc) is 2.49. The van der Waals surface area contributed by atoms with Gasteiger partial charge in [0.15, 0.2) is 0 Å². The van der Waals surface area contributed by atoms with Crippen LogP contribution in [0.1, 0.15) is 42.5 Å².